The highest BCUT2D eigenvalue weighted by molar-refractivity contribution is 5.85. The second kappa shape index (κ2) is 7.54. The van der Waals surface area contributed by atoms with Gasteiger partial charge in [-0.3, -0.25) is 4.79 Å². The fourth-order valence-electron chi connectivity index (χ4n) is 3.87. The first-order valence-corrected chi connectivity index (χ1v) is 9.36. The molecule has 0 radical (unpaired) electrons. The number of nitrogens with one attached hydrogen (secondary N) is 1. The zero-order valence-electron chi connectivity index (χ0n) is 16.0. The van der Waals surface area contributed by atoms with E-state index < -0.39 is 0 Å². The summed E-state index contributed by atoms with van der Waals surface area (Å²) < 4.78 is 24.1. The number of aryl methyl sites for hydroxylation is 1. The molecule has 0 bridgehead atoms. The maximum Gasteiger partial charge on any atom is 0.223 e. The van der Waals surface area contributed by atoms with Crippen molar-refractivity contribution >= 4 is 16.8 Å². The number of methoxy groups -OCH3 is 2. The minimum Gasteiger partial charge on any atom is -0.493 e. The monoisotopic (exact) mass is 382 g/mol. The lowest BCUT2D eigenvalue weighted by atomic mass is 10.0. The van der Waals surface area contributed by atoms with Crippen LogP contribution >= 0.6 is 0 Å². The summed E-state index contributed by atoms with van der Waals surface area (Å²) in [5.41, 5.74) is 4.08. The van der Waals surface area contributed by atoms with Crippen molar-refractivity contribution in [1.82, 2.24) is 9.88 Å². The highest BCUT2D eigenvalue weighted by Crippen LogP contribution is 2.30. The Labute approximate surface area is 163 Å². The van der Waals surface area contributed by atoms with Crippen LogP contribution in [0.2, 0.25) is 0 Å². The number of benzene rings is 2. The van der Waals surface area contributed by atoms with E-state index in [4.69, 9.17) is 9.47 Å². The molecule has 146 valence electrons. The highest BCUT2D eigenvalue weighted by Gasteiger charge is 2.24. The maximum absolute atomic E-state index is 13.6. The number of amides is 1. The van der Waals surface area contributed by atoms with Crippen molar-refractivity contribution in [3.8, 4) is 11.5 Å². The van der Waals surface area contributed by atoms with Crippen molar-refractivity contribution in [2.45, 2.75) is 25.8 Å². The van der Waals surface area contributed by atoms with Crippen LogP contribution in [0.25, 0.3) is 10.9 Å². The normalized spacial score (nSPS) is 13.5. The lowest BCUT2D eigenvalue weighted by Gasteiger charge is -2.27. The summed E-state index contributed by atoms with van der Waals surface area (Å²) >= 11 is 0. The van der Waals surface area contributed by atoms with Crippen molar-refractivity contribution in [1.29, 1.82) is 0 Å². The van der Waals surface area contributed by atoms with Crippen LogP contribution in [0.1, 0.15) is 23.2 Å². The van der Waals surface area contributed by atoms with Crippen molar-refractivity contribution in [2.24, 2.45) is 0 Å². The molecule has 0 saturated carbocycles. The second-order valence-electron chi connectivity index (χ2n) is 7.03. The molecule has 2 aromatic carbocycles. The van der Waals surface area contributed by atoms with Gasteiger partial charge in [-0.2, -0.15) is 0 Å². The van der Waals surface area contributed by atoms with Gasteiger partial charge in [-0.15, -0.1) is 0 Å². The molecule has 0 unspecified atom stereocenters. The average Bonchev–Trinajstić information content (AvgIpc) is 3.08. The Morgan fingerprint density at radius 1 is 1.14 bits per heavy atom. The number of halogens is 1. The van der Waals surface area contributed by atoms with E-state index >= 15 is 0 Å². The van der Waals surface area contributed by atoms with E-state index in [0.29, 0.717) is 37.4 Å². The van der Waals surface area contributed by atoms with Crippen LogP contribution < -0.4 is 9.47 Å². The lowest BCUT2D eigenvalue weighted by Crippen LogP contribution is -2.36. The quantitative estimate of drug-likeness (QED) is 0.729. The zero-order chi connectivity index (χ0) is 19.7. The van der Waals surface area contributed by atoms with Gasteiger partial charge in [0, 0.05) is 29.6 Å². The van der Waals surface area contributed by atoms with Gasteiger partial charge in [0.25, 0.3) is 0 Å². The number of ether oxygens (including phenoxy) is 2. The minimum atomic E-state index is -0.234. The molecule has 0 saturated heterocycles. The van der Waals surface area contributed by atoms with E-state index in [1.807, 2.05) is 23.1 Å². The molecule has 1 aliphatic heterocycles. The van der Waals surface area contributed by atoms with Crippen molar-refractivity contribution in [3.05, 3.63) is 59.0 Å². The molecule has 28 heavy (non-hydrogen) atoms. The molecule has 6 heteroatoms. The van der Waals surface area contributed by atoms with E-state index in [-0.39, 0.29) is 11.7 Å². The van der Waals surface area contributed by atoms with E-state index in [9.17, 15) is 9.18 Å². The number of aromatic nitrogens is 1. The molecule has 0 fully saturated rings. The summed E-state index contributed by atoms with van der Waals surface area (Å²) in [6.45, 7) is 1.19. The van der Waals surface area contributed by atoms with Crippen LogP contribution in [-0.4, -0.2) is 36.6 Å². The van der Waals surface area contributed by atoms with Crippen LogP contribution in [0.3, 0.4) is 0 Å². The Morgan fingerprint density at radius 3 is 2.75 bits per heavy atom. The number of fused-ring (bicyclic) bond motifs is 3. The molecule has 0 aliphatic carbocycles. The first-order valence-electron chi connectivity index (χ1n) is 9.36. The van der Waals surface area contributed by atoms with Crippen molar-refractivity contribution in [2.75, 3.05) is 20.8 Å². The Hall–Kier alpha value is -3.02. The molecule has 0 spiro atoms. The van der Waals surface area contributed by atoms with Crippen molar-refractivity contribution in [3.63, 3.8) is 0 Å². The molecule has 1 N–H and O–H groups in total. The molecule has 3 aromatic rings. The number of hydrogen-bond acceptors (Lipinski definition) is 3. The topological polar surface area (TPSA) is 54.6 Å². The van der Waals surface area contributed by atoms with E-state index in [2.05, 4.69) is 4.98 Å². The predicted octanol–water partition coefficient (Wildman–Crippen LogP) is 3.84. The number of H-pyrrole nitrogens is 1. The fourth-order valence-corrected chi connectivity index (χ4v) is 3.87. The van der Waals surface area contributed by atoms with Gasteiger partial charge in [-0.25, -0.2) is 4.39 Å². The van der Waals surface area contributed by atoms with Crippen LogP contribution in [0.4, 0.5) is 4.39 Å². The fraction of sp³-hybridized carbons (Fsp3) is 0.318. The average molecular weight is 382 g/mol. The predicted molar refractivity (Wildman–Crippen MR) is 105 cm³/mol. The first-order chi connectivity index (χ1) is 13.6. The zero-order valence-corrected chi connectivity index (χ0v) is 16.0. The SMILES string of the molecule is COc1ccc(CCC(=O)N2CCc3c([nH]c4ccc(F)cc34)C2)cc1OC. The van der Waals surface area contributed by atoms with Crippen LogP contribution in [-0.2, 0) is 24.2 Å². The Morgan fingerprint density at radius 2 is 1.96 bits per heavy atom. The largest absolute Gasteiger partial charge is 0.493 e. The number of aromatic amines is 1. The van der Waals surface area contributed by atoms with Crippen LogP contribution in [0.15, 0.2) is 36.4 Å². The van der Waals surface area contributed by atoms with Gasteiger partial charge >= 0.3 is 0 Å². The van der Waals surface area contributed by atoms with E-state index in [0.717, 1.165) is 34.1 Å². The van der Waals surface area contributed by atoms with Gasteiger partial charge in [0.2, 0.25) is 5.91 Å². The van der Waals surface area contributed by atoms with Gasteiger partial charge in [0.05, 0.1) is 20.8 Å². The number of carbonyl (C=O) groups excluding carboxylic acids is 1. The summed E-state index contributed by atoms with van der Waals surface area (Å²) in [4.78, 5) is 17.9. The molecular formula is C22H23FN2O3. The second-order valence-corrected chi connectivity index (χ2v) is 7.03. The summed E-state index contributed by atoms with van der Waals surface area (Å²) in [6.07, 6.45) is 1.81. The third-order valence-electron chi connectivity index (χ3n) is 5.37. The number of carbonyl (C=O) groups is 1. The number of nitrogens with zero attached hydrogens (tertiary/aromatic N) is 1. The van der Waals surface area contributed by atoms with E-state index in [1.165, 1.54) is 6.07 Å². The molecule has 1 amide bonds. The van der Waals surface area contributed by atoms with Crippen LogP contribution in [0, 0.1) is 5.82 Å². The minimum absolute atomic E-state index is 0.116. The Kier molecular flexibility index (Phi) is 4.94. The summed E-state index contributed by atoms with van der Waals surface area (Å²) in [7, 11) is 3.20. The smallest absolute Gasteiger partial charge is 0.223 e. The third-order valence-corrected chi connectivity index (χ3v) is 5.37. The third kappa shape index (κ3) is 3.42. The first kappa shape index (κ1) is 18.3. The number of rotatable bonds is 5. The molecule has 1 aliphatic rings. The molecule has 4 rings (SSSR count). The Bertz CT molecular complexity index is 1030. The molecular weight excluding hydrogens is 359 g/mol. The summed E-state index contributed by atoms with van der Waals surface area (Å²) in [6, 6.07) is 10.5. The Balaban J connectivity index is 1.43. The van der Waals surface area contributed by atoms with Gasteiger partial charge in [0.1, 0.15) is 5.82 Å². The van der Waals surface area contributed by atoms with Gasteiger partial charge < -0.3 is 19.4 Å². The molecule has 2 heterocycles. The lowest BCUT2D eigenvalue weighted by molar-refractivity contribution is -0.132. The highest BCUT2D eigenvalue weighted by atomic mass is 19.1. The summed E-state index contributed by atoms with van der Waals surface area (Å²) in [5.74, 6) is 1.23. The summed E-state index contributed by atoms with van der Waals surface area (Å²) in [5, 5.41) is 0.924. The number of hydrogen-bond donors (Lipinski definition) is 1. The van der Waals surface area contributed by atoms with Gasteiger partial charge in [-0.1, -0.05) is 6.07 Å². The maximum atomic E-state index is 13.6. The van der Waals surface area contributed by atoms with Crippen molar-refractivity contribution < 1.29 is 18.7 Å². The van der Waals surface area contributed by atoms with Crippen LogP contribution in [0.5, 0.6) is 11.5 Å². The van der Waals surface area contributed by atoms with Gasteiger partial charge in [-0.05, 0) is 54.3 Å². The molecule has 0 atom stereocenters. The molecule has 5 nitrogen and oxygen atoms in total. The molecule has 1 aromatic heterocycles. The van der Waals surface area contributed by atoms with Gasteiger partial charge in [0.15, 0.2) is 11.5 Å². The standard InChI is InChI=1S/C22H23FN2O3/c1-27-20-7-3-14(11-21(20)28-2)4-8-22(26)25-10-9-16-17-12-15(23)5-6-18(17)24-19(16)13-25/h3,5-7,11-12,24H,4,8-10,13H2,1-2H3. The van der Waals surface area contributed by atoms with E-state index in [1.54, 1.807) is 26.4 Å².